The van der Waals surface area contributed by atoms with Crippen molar-refractivity contribution in [3.8, 4) is 0 Å². The zero-order valence-electron chi connectivity index (χ0n) is 12.6. The molecule has 0 spiro atoms. The van der Waals surface area contributed by atoms with E-state index in [1.807, 2.05) is 12.1 Å². The SMILES string of the molecule is O=c1c2cc([N+](=O)[O-])ccc2nc2n1CCC/C2=C\c1ccco1. The highest BCUT2D eigenvalue weighted by molar-refractivity contribution is 5.84. The second-order valence-electron chi connectivity index (χ2n) is 5.64. The van der Waals surface area contributed by atoms with Crippen molar-refractivity contribution in [2.75, 3.05) is 0 Å². The largest absolute Gasteiger partial charge is 0.465 e. The molecule has 120 valence electrons. The summed E-state index contributed by atoms with van der Waals surface area (Å²) >= 11 is 0. The Morgan fingerprint density at radius 1 is 1.33 bits per heavy atom. The molecule has 0 amide bonds. The summed E-state index contributed by atoms with van der Waals surface area (Å²) in [4.78, 5) is 27.7. The molecule has 1 aromatic carbocycles. The zero-order valence-corrected chi connectivity index (χ0v) is 12.6. The van der Waals surface area contributed by atoms with Crippen LogP contribution in [-0.2, 0) is 6.54 Å². The van der Waals surface area contributed by atoms with E-state index in [0.29, 0.717) is 23.6 Å². The van der Waals surface area contributed by atoms with E-state index in [1.54, 1.807) is 16.9 Å². The van der Waals surface area contributed by atoms with E-state index in [1.165, 1.54) is 18.2 Å². The monoisotopic (exact) mass is 323 g/mol. The summed E-state index contributed by atoms with van der Waals surface area (Å²) in [5.41, 5.74) is 1.03. The quantitative estimate of drug-likeness (QED) is 0.533. The number of benzene rings is 1. The molecule has 0 aliphatic carbocycles. The number of fused-ring (bicyclic) bond motifs is 2. The third kappa shape index (κ3) is 2.30. The molecule has 7 heteroatoms. The molecule has 3 heterocycles. The summed E-state index contributed by atoms with van der Waals surface area (Å²) in [6, 6.07) is 7.82. The number of nitrogens with zero attached hydrogens (tertiary/aromatic N) is 3. The van der Waals surface area contributed by atoms with E-state index in [0.717, 1.165) is 18.4 Å². The van der Waals surface area contributed by atoms with Crippen LogP contribution in [0.1, 0.15) is 24.4 Å². The van der Waals surface area contributed by atoms with Gasteiger partial charge in [-0.1, -0.05) is 0 Å². The summed E-state index contributed by atoms with van der Waals surface area (Å²) in [5, 5.41) is 11.2. The van der Waals surface area contributed by atoms with Gasteiger partial charge in [-0.2, -0.15) is 0 Å². The Morgan fingerprint density at radius 2 is 2.21 bits per heavy atom. The Hall–Kier alpha value is -3.22. The lowest BCUT2D eigenvalue weighted by atomic mass is 10.0. The van der Waals surface area contributed by atoms with E-state index in [-0.39, 0.29) is 16.6 Å². The van der Waals surface area contributed by atoms with Crippen LogP contribution in [0.5, 0.6) is 0 Å². The van der Waals surface area contributed by atoms with Crippen molar-refractivity contribution in [3.05, 3.63) is 68.6 Å². The Balaban J connectivity index is 1.94. The van der Waals surface area contributed by atoms with Gasteiger partial charge in [0.05, 0.1) is 22.1 Å². The second kappa shape index (κ2) is 5.45. The molecule has 3 aromatic rings. The number of hydrogen-bond acceptors (Lipinski definition) is 5. The van der Waals surface area contributed by atoms with Gasteiger partial charge in [-0.05, 0) is 42.7 Å². The molecule has 0 N–H and O–H groups in total. The van der Waals surface area contributed by atoms with Gasteiger partial charge in [-0.15, -0.1) is 0 Å². The number of allylic oxidation sites excluding steroid dienone is 1. The number of furan rings is 1. The first-order valence-electron chi connectivity index (χ1n) is 7.57. The van der Waals surface area contributed by atoms with Crippen molar-refractivity contribution < 1.29 is 9.34 Å². The van der Waals surface area contributed by atoms with E-state index in [2.05, 4.69) is 4.98 Å². The summed E-state index contributed by atoms with van der Waals surface area (Å²) in [7, 11) is 0. The van der Waals surface area contributed by atoms with Crippen molar-refractivity contribution in [2.45, 2.75) is 19.4 Å². The maximum absolute atomic E-state index is 12.7. The molecule has 0 atom stereocenters. The fraction of sp³-hybridized carbons (Fsp3) is 0.176. The van der Waals surface area contributed by atoms with Gasteiger partial charge < -0.3 is 4.42 Å². The number of hydrogen-bond donors (Lipinski definition) is 0. The van der Waals surface area contributed by atoms with Gasteiger partial charge in [0.1, 0.15) is 11.6 Å². The predicted molar refractivity (Wildman–Crippen MR) is 88.5 cm³/mol. The zero-order chi connectivity index (χ0) is 16.7. The van der Waals surface area contributed by atoms with Crippen molar-refractivity contribution in [2.24, 2.45) is 0 Å². The van der Waals surface area contributed by atoms with Crippen LogP contribution in [0, 0.1) is 10.1 Å². The molecular formula is C17H13N3O4. The third-order valence-corrected chi connectivity index (χ3v) is 4.12. The number of aromatic nitrogens is 2. The van der Waals surface area contributed by atoms with Crippen LogP contribution >= 0.6 is 0 Å². The number of nitro benzene ring substituents is 1. The molecule has 1 aliphatic rings. The molecular weight excluding hydrogens is 310 g/mol. The van der Waals surface area contributed by atoms with Gasteiger partial charge in [0.2, 0.25) is 0 Å². The topological polar surface area (TPSA) is 91.2 Å². The number of rotatable bonds is 2. The lowest BCUT2D eigenvalue weighted by Gasteiger charge is -2.20. The van der Waals surface area contributed by atoms with Crippen molar-refractivity contribution in [1.29, 1.82) is 0 Å². The maximum atomic E-state index is 12.7. The standard InChI is InChI=1S/C17H13N3O4/c21-17-14-10-12(20(22)23)5-6-15(14)18-16-11(3-1-7-19(16)17)9-13-4-2-8-24-13/h2,4-6,8-10H,1,3,7H2/b11-9+. The fourth-order valence-corrected chi connectivity index (χ4v) is 3.00. The van der Waals surface area contributed by atoms with Gasteiger partial charge in [-0.3, -0.25) is 19.5 Å². The Kier molecular flexibility index (Phi) is 3.26. The smallest absolute Gasteiger partial charge is 0.270 e. The molecule has 1 aliphatic heterocycles. The molecule has 24 heavy (non-hydrogen) atoms. The predicted octanol–water partition coefficient (Wildman–Crippen LogP) is 3.23. The molecule has 0 unspecified atom stereocenters. The minimum absolute atomic E-state index is 0.107. The first-order valence-corrected chi connectivity index (χ1v) is 7.57. The highest BCUT2D eigenvalue weighted by atomic mass is 16.6. The van der Waals surface area contributed by atoms with Crippen LogP contribution in [0.2, 0.25) is 0 Å². The second-order valence-corrected chi connectivity index (χ2v) is 5.64. The first kappa shape index (κ1) is 14.4. The Bertz CT molecular complexity index is 1030. The summed E-state index contributed by atoms with van der Waals surface area (Å²) < 4.78 is 6.93. The average Bonchev–Trinajstić information content (AvgIpc) is 3.08. The molecule has 0 saturated heterocycles. The molecule has 0 bridgehead atoms. The van der Waals surface area contributed by atoms with Crippen molar-refractivity contribution in [1.82, 2.24) is 9.55 Å². The van der Waals surface area contributed by atoms with Crippen LogP contribution in [0.15, 0.2) is 45.8 Å². The van der Waals surface area contributed by atoms with Crippen LogP contribution in [0.4, 0.5) is 5.69 Å². The molecule has 2 aromatic heterocycles. The molecule has 0 saturated carbocycles. The average molecular weight is 323 g/mol. The number of nitro groups is 1. The van der Waals surface area contributed by atoms with Gasteiger partial charge in [0.25, 0.3) is 11.2 Å². The Morgan fingerprint density at radius 3 is 2.96 bits per heavy atom. The molecule has 4 rings (SSSR count). The van der Waals surface area contributed by atoms with E-state index >= 15 is 0 Å². The van der Waals surface area contributed by atoms with Gasteiger partial charge in [-0.25, -0.2) is 4.98 Å². The first-order chi connectivity index (χ1) is 11.6. The van der Waals surface area contributed by atoms with Crippen LogP contribution < -0.4 is 5.56 Å². The molecule has 0 fully saturated rings. The van der Waals surface area contributed by atoms with E-state index in [4.69, 9.17) is 4.42 Å². The lowest BCUT2D eigenvalue weighted by Crippen LogP contribution is -2.27. The van der Waals surface area contributed by atoms with Gasteiger partial charge in [0, 0.05) is 18.7 Å². The molecule has 0 radical (unpaired) electrons. The highest BCUT2D eigenvalue weighted by Crippen LogP contribution is 2.27. The van der Waals surface area contributed by atoms with E-state index < -0.39 is 4.92 Å². The normalized spacial score (nSPS) is 15.6. The number of non-ortho nitro benzene ring substituents is 1. The Labute approximate surface area is 136 Å². The fourth-order valence-electron chi connectivity index (χ4n) is 3.00. The van der Waals surface area contributed by atoms with Gasteiger partial charge >= 0.3 is 0 Å². The summed E-state index contributed by atoms with van der Waals surface area (Å²) in [6.45, 7) is 0.551. The third-order valence-electron chi connectivity index (χ3n) is 4.12. The summed E-state index contributed by atoms with van der Waals surface area (Å²) in [6.07, 6.45) is 5.08. The minimum atomic E-state index is -0.509. The lowest BCUT2D eigenvalue weighted by molar-refractivity contribution is -0.384. The molecule has 7 nitrogen and oxygen atoms in total. The summed E-state index contributed by atoms with van der Waals surface area (Å²) in [5.74, 6) is 1.31. The van der Waals surface area contributed by atoms with Crippen LogP contribution in [-0.4, -0.2) is 14.5 Å². The highest BCUT2D eigenvalue weighted by Gasteiger charge is 2.20. The van der Waals surface area contributed by atoms with Crippen LogP contribution in [0.3, 0.4) is 0 Å². The maximum Gasteiger partial charge on any atom is 0.270 e. The van der Waals surface area contributed by atoms with Crippen molar-refractivity contribution in [3.63, 3.8) is 0 Å². The van der Waals surface area contributed by atoms with Gasteiger partial charge in [0.15, 0.2) is 0 Å². The van der Waals surface area contributed by atoms with E-state index in [9.17, 15) is 14.9 Å². The van der Waals surface area contributed by atoms with Crippen LogP contribution in [0.25, 0.3) is 22.6 Å². The minimum Gasteiger partial charge on any atom is -0.465 e. The van der Waals surface area contributed by atoms with Crippen molar-refractivity contribution >= 4 is 28.2 Å².